The van der Waals surface area contributed by atoms with E-state index >= 15 is 0 Å². The Balaban J connectivity index is 1.98. The second kappa shape index (κ2) is 10.4. The number of esters is 1. The first-order valence-electron chi connectivity index (χ1n) is 9.71. The van der Waals surface area contributed by atoms with Crippen LogP contribution >= 0.6 is 0 Å². The van der Waals surface area contributed by atoms with Crippen LogP contribution in [-0.4, -0.2) is 32.1 Å². The van der Waals surface area contributed by atoms with Gasteiger partial charge < -0.3 is 14.8 Å². The van der Waals surface area contributed by atoms with E-state index in [-0.39, 0.29) is 0 Å². The van der Waals surface area contributed by atoms with Gasteiger partial charge >= 0.3 is 5.97 Å². The van der Waals surface area contributed by atoms with Gasteiger partial charge in [-0.2, -0.15) is 0 Å². The molecule has 5 nitrogen and oxygen atoms in total. The van der Waals surface area contributed by atoms with Crippen molar-refractivity contribution < 1.29 is 19.1 Å². The highest BCUT2D eigenvalue weighted by atomic mass is 16.5. The third kappa shape index (κ3) is 4.93. The second-order valence-electron chi connectivity index (χ2n) is 6.83. The van der Waals surface area contributed by atoms with Gasteiger partial charge in [0.25, 0.3) is 5.91 Å². The third-order valence-electron chi connectivity index (χ3n) is 4.98. The average molecular weight is 403 g/mol. The van der Waals surface area contributed by atoms with Gasteiger partial charge in [-0.3, -0.25) is 4.79 Å². The predicted molar refractivity (Wildman–Crippen MR) is 115 cm³/mol. The smallest absolute Gasteiger partial charge is 0.329 e. The van der Waals surface area contributed by atoms with Crippen molar-refractivity contribution >= 4 is 11.9 Å². The highest BCUT2D eigenvalue weighted by Crippen LogP contribution is 2.29. The SMILES string of the molecule is COC(=O)[C@@H](NC(=O)[C@H](OC)c1ccccc1)C(c1ccccc1)c1ccccc1. The summed E-state index contributed by atoms with van der Waals surface area (Å²) in [6, 6.07) is 27.4. The summed E-state index contributed by atoms with van der Waals surface area (Å²) in [7, 11) is 2.79. The van der Waals surface area contributed by atoms with Crippen LogP contribution in [0.3, 0.4) is 0 Å². The molecule has 0 fully saturated rings. The zero-order chi connectivity index (χ0) is 21.3. The molecular formula is C25H25NO4. The summed E-state index contributed by atoms with van der Waals surface area (Å²) >= 11 is 0. The molecule has 1 N–H and O–H groups in total. The quantitative estimate of drug-likeness (QED) is 0.580. The van der Waals surface area contributed by atoms with Gasteiger partial charge in [-0.25, -0.2) is 4.79 Å². The average Bonchev–Trinajstić information content (AvgIpc) is 2.81. The third-order valence-corrected chi connectivity index (χ3v) is 4.98. The molecule has 0 bridgehead atoms. The summed E-state index contributed by atoms with van der Waals surface area (Å²) in [6.45, 7) is 0. The highest BCUT2D eigenvalue weighted by Gasteiger charge is 2.35. The summed E-state index contributed by atoms with van der Waals surface area (Å²) in [6.07, 6.45) is -0.842. The standard InChI is InChI=1S/C25H25NO4/c1-29-23(20-16-10-5-11-17-20)24(27)26-22(25(28)30-2)21(18-12-6-3-7-13-18)19-14-8-4-9-15-19/h3-17,21-23H,1-2H3,(H,26,27)/t22-,23+/m0/s1. The Labute approximate surface area is 176 Å². The molecule has 5 heteroatoms. The van der Waals surface area contributed by atoms with Crippen LogP contribution in [0.1, 0.15) is 28.7 Å². The minimum atomic E-state index is -0.923. The number of hydrogen-bond donors (Lipinski definition) is 1. The lowest BCUT2D eigenvalue weighted by Crippen LogP contribution is -2.47. The van der Waals surface area contributed by atoms with Crippen molar-refractivity contribution in [3.05, 3.63) is 108 Å². The Bertz CT molecular complexity index is 905. The fourth-order valence-electron chi connectivity index (χ4n) is 3.55. The molecule has 0 aromatic heterocycles. The molecule has 0 heterocycles. The van der Waals surface area contributed by atoms with Crippen molar-refractivity contribution in [3.8, 4) is 0 Å². The number of nitrogens with one attached hydrogen (secondary N) is 1. The van der Waals surface area contributed by atoms with Gasteiger partial charge in [-0.1, -0.05) is 91.0 Å². The normalized spacial score (nSPS) is 12.8. The predicted octanol–water partition coefficient (Wildman–Crippen LogP) is 3.86. The summed E-state index contributed by atoms with van der Waals surface area (Å²) in [5.74, 6) is -1.35. The number of amides is 1. The number of benzene rings is 3. The molecule has 3 aromatic rings. The molecule has 3 aromatic carbocycles. The lowest BCUT2D eigenvalue weighted by Gasteiger charge is -2.28. The van der Waals surface area contributed by atoms with Gasteiger partial charge in [0.05, 0.1) is 7.11 Å². The summed E-state index contributed by atoms with van der Waals surface area (Å²) in [5, 5.41) is 2.88. The lowest BCUT2D eigenvalue weighted by atomic mass is 9.84. The van der Waals surface area contributed by atoms with Crippen LogP contribution < -0.4 is 5.32 Å². The number of rotatable bonds is 8. The number of ether oxygens (including phenoxy) is 2. The van der Waals surface area contributed by atoms with Crippen LogP contribution in [0, 0.1) is 0 Å². The minimum absolute atomic E-state index is 0.407. The minimum Gasteiger partial charge on any atom is -0.467 e. The van der Waals surface area contributed by atoms with Gasteiger partial charge in [0.2, 0.25) is 0 Å². The van der Waals surface area contributed by atoms with Crippen LogP contribution in [0.5, 0.6) is 0 Å². The van der Waals surface area contributed by atoms with Gasteiger partial charge in [-0.05, 0) is 16.7 Å². The van der Waals surface area contributed by atoms with E-state index < -0.39 is 29.9 Å². The molecule has 0 saturated carbocycles. The monoisotopic (exact) mass is 403 g/mol. The van der Waals surface area contributed by atoms with Crippen molar-refractivity contribution in [3.63, 3.8) is 0 Å². The van der Waals surface area contributed by atoms with Gasteiger partial charge in [-0.15, -0.1) is 0 Å². The number of hydrogen-bond acceptors (Lipinski definition) is 4. The molecule has 0 aliphatic carbocycles. The highest BCUT2D eigenvalue weighted by molar-refractivity contribution is 5.88. The van der Waals surface area contributed by atoms with Crippen molar-refractivity contribution in [2.75, 3.05) is 14.2 Å². The fraction of sp³-hybridized carbons (Fsp3) is 0.200. The molecular weight excluding hydrogens is 378 g/mol. The Hall–Kier alpha value is -3.44. The van der Waals surface area contributed by atoms with E-state index in [1.165, 1.54) is 14.2 Å². The maximum atomic E-state index is 13.1. The Morgan fingerprint density at radius 1 is 0.700 bits per heavy atom. The van der Waals surface area contributed by atoms with Crippen molar-refractivity contribution in [2.24, 2.45) is 0 Å². The van der Waals surface area contributed by atoms with Crippen LogP contribution in [-0.2, 0) is 19.1 Å². The Morgan fingerprint density at radius 2 is 1.13 bits per heavy atom. The topological polar surface area (TPSA) is 64.6 Å². The van der Waals surface area contributed by atoms with Crippen LogP contribution in [0.4, 0.5) is 0 Å². The van der Waals surface area contributed by atoms with E-state index in [0.717, 1.165) is 11.1 Å². The van der Waals surface area contributed by atoms with E-state index in [2.05, 4.69) is 5.32 Å². The van der Waals surface area contributed by atoms with Crippen molar-refractivity contribution in [1.29, 1.82) is 0 Å². The molecule has 0 aliphatic heterocycles. The molecule has 1 amide bonds. The van der Waals surface area contributed by atoms with E-state index in [0.29, 0.717) is 5.56 Å². The molecule has 0 spiro atoms. The number of methoxy groups -OCH3 is 2. The fourth-order valence-corrected chi connectivity index (χ4v) is 3.55. The number of carbonyl (C=O) groups is 2. The molecule has 3 rings (SSSR count). The zero-order valence-corrected chi connectivity index (χ0v) is 17.0. The molecule has 30 heavy (non-hydrogen) atoms. The zero-order valence-electron chi connectivity index (χ0n) is 17.0. The van der Waals surface area contributed by atoms with Gasteiger partial charge in [0, 0.05) is 13.0 Å². The summed E-state index contributed by atoms with van der Waals surface area (Å²) < 4.78 is 10.5. The van der Waals surface area contributed by atoms with E-state index in [1.54, 1.807) is 0 Å². The Morgan fingerprint density at radius 3 is 1.53 bits per heavy atom. The first-order chi connectivity index (χ1) is 14.7. The van der Waals surface area contributed by atoms with Gasteiger partial charge in [0.15, 0.2) is 6.10 Å². The molecule has 154 valence electrons. The van der Waals surface area contributed by atoms with E-state index in [9.17, 15) is 9.59 Å². The van der Waals surface area contributed by atoms with Crippen molar-refractivity contribution in [2.45, 2.75) is 18.1 Å². The molecule has 0 saturated heterocycles. The second-order valence-corrected chi connectivity index (χ2v) is 6.83. The number of carbonyl (C=O) groups excluding carboxylic acids is 2. The lowest BCUT2D eigenvalue weighted by molar-refractivity contribution is -0.147. The van der Waals surface area contributed by atoms with Crippen LogP contribution in [0.25, 0.3) is 0 Å². The first-order valence-corrected chi connectivity index (χ1v) is 9.71. The molecule has 0 unspecified atom stereocenters. The van der Waals surface area contributed by atoms with Gasteiger partial charge in [0.1, 0.15) is 6.04 Å². The van der Waals surface area contributed by atoms with E-state index in [1.807, 2.05) is 91.0 Å². The van der Waals surface area contributed by atoms with Crippen LogP contribution in [0.15, 0.2) is 91.0 Å². The maximum Gasteiger partial charge on any atom is 0.329 e. The largest absolute Gasteiger partial charge is 0.467 e. The molecule has 0 radical (unpaired) electrons. The van der Waals surface area contributed by atoms with E-state index in [4.69, 9.17) is 9.47 Å². The van der Waals surface area contributed by atoms with Crippen molar-refractivity contribution in [1.82, 2.24) is 5.32 Å². The summed E-state index contributed by atoms with van der Waals surface area (Å²) in [5.41, 5.74) is 2.50. The molecule has 0 aliphatic rings. The first kappa shape index (κ1) is 21.3. The van der Waals surface area contributed by atoms with Crippen LogP contribution in [0.2, 0.25) is 0 Å². The maximum absolute atomic E-state index is 13.1. The molecule has 2 atom stereocenters. The summed E-state index contributed by atoms with van der Waals surface area (Å²) in [4.78, 5) is 25.9. The Kier molecular flexibility index (Phi) is 7.35.